The first kappa shape index (κ1) is 13.5. The SMILES string of the molecule is CN(CCn1ccnc1)C(=O)Nc1ccc(C2CC2)nn1. The van der Waals surface area contributed by atoms with Crippen molar-refractivity contribution in [1.29, 1.82) is 0 Å². The van der Waals surface area contributed by atoms with Crippen LogP contribution in [0, 0.1) is 0 Å². The summed E-state index contributed by atoms with van der Waals surface area (Å²) in [5.41, 5.74) is 1.02. The van der Waals surface area contributed by atoms with Crippen molar-refractivity contribution in [3.8, 4) is 0 Å². The maximum Gasteiger partial charge on any atom is 0.322 e. The van der Waals surface area contributed by atoms with E-state index >= 15 is 0 Å². The molecule has 21 heavy (non-hydrogen) atoms. The second kappa shape index (κ2) is 5.90. The molecule has 1 fully saturated rings. The van der Waals surface area contributed by atoms with Crippen LogP contribution in [-0.2, 0) is 6.54 Å². The average Bonchev–Trinajstić information content (AvgIpc) is 3.22. The summed E-state index contributed by atoms with van der Waals surface area (Å²) in [6, 6.07) is 3.55. The van der Waals surface area contributed by atoms with E-state index in [1.165, 1.54) is 12.8 Å². The third kappa shape index (κ3) is 3.56. The Morgan fingerprint density at radius 1 is 1.43 bits per heavy atom. The van der Waals surface area contributed by atoms with E-state index in [1.54, 1.807) is 24.5 Å². The van der Waals surface area contributed by atoms with Gasteiger partial charge in [-0.05, 0) is 25.0 Å². The summed E-state index contributed by atoms with van der Waals surface area (Å²) in [5.74, 6) is 1.05. The minimum atomic E-state index is -0.191. The summed E-state index contributed by atoms with van der Waals surface area (Å²) in [5, 5.41) is 10.9. The lowest BCUT2D eigenvalue weighted by Gasteiger charge is -2.17. The van der Waals surface area contributed by atoms with Gasteiger partial charge in [0.25, 0.3) is 0 Å². The molecule has 2 aromatic heterocycles. The van der Waals surface area contributed by atoms with Gasteiger partial charge in [0.2, 0.25) is 0 Å². The number of hydrogen-bond acceptors (Lipinski definition) is 4. The lowest BCUT2D eigenvalue weighted by atomic mass is 10.3. The Balaban J connectivity index is 1.50. The zero-order valence-corrected chi connectivity index (χ0v) is 11.9. The van der Waals surface area contributed by atoms with Gasteiger partial charge in [-0.2, -0.15) is 5.10 Å². The third-order valence-electron chi connectivity index (χ3n) is 3.52. The van der Waals surface area contributed by atoms with Crippen molar-refractivity contribution in [3.05, 3.63) is 36.5 Å². The molecule has 110 valence electrons. The molecule has 1 aliphatic rings. The van der Waals surface area contributed by atoms with Crippen LogP contribution < -0.4 is 5.32 Å². The molecule has 0 saturated heterocycles. The van der Waals surface area contributed by atoms with Crippen molar-refractivity contribution in [2.75, 3.05) is 18.9 Å². The van der Waals surface area contributed by atoms with Crippen molar-refractivity contribution in [3.63, 3.8) is 0 Å². The number of urea groups is 1. The Bertz CT molecular complexity index is 590. The van der Waals surface area contributed by atoms with Gasteiger partial charge in [0, 0.05) is 38.4 Å². The standard InChI is InChI=1S/C14H18N6O/c1-19(8-9-20-7-6-15-10-20)14(21)16-13-5-4-12(17-18-13)11-2-3-11/h4-7,10-11H,2-3,8-9H2,1H3,(H,16,18,21). The molecular weight excluding hydrogens is 268 g/mol. The molecule has 7 nitrogen and oxygen atoms in total. The van der Waals surface area contributed by atoms with E-state index < -0.39 is 0 Å². The summed E-state index contributed by atoms with van der Waals surface area (Å²) in [7, 11) is 1.75. The van der Waals surface area contributed by atoms with Crippen LogP contribution in [0.25, 0.3) is 0 Å². The summed E-state index contributed by atoms with van der Waals surface area (Å²) >= 11 is 0. The number of carbonyl (C=O) groups excluding carboxylic acids is 1. The normalized spacial score (nSPS) is 14.0. The van der Waals surface area contributed by atoms with E-state index in [0.29, 0.717) is 24.8 Å². The fourth-order valence-electron chi connectivity index (χ4n) is 2.00. The Kier molecular flexibility index (Phi) is 3.81. The first-order chi connectivity index (χ1) is 10.2. The van der Waals surface area contributed by atoms with Gasteiger partial charge in [0.05, 0.1) is 12.0 Å². The number of aromatic nitrogens is 4. The van der Waals surface area contributed by atoms with Crippen LogP contribution in [0.5, 0.6) is 0 Å². The topological polar surface area (TPSA) is 75.9 Å². The van der Waals surface area contributed by atoms with Gasteiger partial charge in [-0.1, -0.05) is 0 Å². The van der Waals surface area contributed by atoms with Crippen molar-refractivity contribution in [2.45, 2.75) is 25.3 Å². The van der Waals surface area contributed by atoms with E-state index in [1.807, 2.05) is 22.9 Å². The molecule has 0 radical (unpaired) electrons. The van der Waals surface area contributed by atoms with Crippen LogP contribution in [-0.4, -0.2) is 44.3 Å². The zero-order valence-electron chi connectivity index (χ0n) is 11.9. The summed E-state index contributed by atoms with van der Waals surface area (Å²) in [6.45, 7) is 1.30. The van der Waals surface area contributed by atoms with Crippen LogP contribution in [0.3, 0.4) is 0 Å². The molecule has 2 amide bonds. The maximum atomic E-state index is 12.0. The molecule has 2 aromatic rings. The number of rotatable bonds is 5. The molecule has 7 heteroatoms. The van der Waals surface area contributed by atoms with E-state index in [4.69, 9.17) is 0 Å². The van der Waals surface area contributed by atoms with Crippen molar-refractivity contribution >= 4 is 11.8 Å². The lowest BCUT2D eigenvalue weighted by Crippen LogP contribution is -2.34. The Hall–Kier alpha value is -2.44. The lowest BCUT2D eigenvalue weighted by molar-refractivity contribution is 0.220. The van der Waals surface area contributed by atoms with Gasteiger partial charge in [-0.25, -0.2) is 9.78 Å². The number of nitrogens with zero attached hydrogens (tertiary/aromatic N) is 5. The van der Waals surface area contributed by atoms with Crippen molar-refractivity contribution < 1.29 is 4.79 Å². The summed E-state index contributed by atoms with van der Waals surface area (Å²) < 4.78 is 1.92. The number of nitrogens with one attached hydrogen (secondary N) is 1. The number of carbonyl (C=O) groups is 1. The van der Waals surface area contributed by atoms with Gasteiger partial charge in [-0.3, -0.25) is 5.32 Å². The van der Waals surface area contributed by atoms with Gasteiger partial charge in [-0.15, -0.1) is 5.10 Å². The first-order valence-corrected chi connectivity index (χ1v) is 7.04. The van der Waals surface area contributed by atoms with Crippen LogP contribution in [0.2, 0.25) is 0 Å². The van der Waals surface area contributed by atoms with Gasteiger partial charge in [0.1, 0.15) is 0 Å². The van der Waals surface area contributed by atoms with Crippen molar-refractivity contribution in [2.24, 2.45) is 0 Å². The quantitative estimate of drug-likeness (QED) is 0.908. The van der Waals surface area contributed by atoms with Gasteiger partial charge >= 0.3 is 6.03 Å². The maximum absolute atomic E-state index is 12.0. The molecule has 0 aromatic carbocycles. The molecule has 0 aliphatic heterocycles. The van der Waals surface area contributed by atoms with Gasteiger partial charge in [0.15, 0.2) is 5.82 Å². The smallest absolute Gasteiger partial charge is 0.322 e. The first-order valence-electron chi connectivity index (χ1n) is 7.04. The van der Waals surface area contributed by atoms with E-state index in [-0.39, 0.29) is 6.03 Å². The Morgan fingerprint density at radius 3 is 2.90 bits per heavy atom. The van der Waals surface area contributed by atoms with Gasteiger partial charge < -0.3 is 9.47 Å². The molecular formula is C14H18N6O. The second-order valence-electron chi connectivity index (χ2n) is 5.27. The number of anilines is 1. The van der Waals surface area contributed by atoms with Crippen LogP contribution >= 0.6 is 0 Å². The largest absolute Gasteiger partial charge is 0.336 e. The monoisotopic (exact) mass is 286 g/mol. The van der Waals surface area contributed by atoms with E-state index in [0.717, 1.165) is 5.69 Å². The number of likely N-dealkylation sites (N-methyl/N-ethyl adjacent to an activating group) is 1. The van der Waals surface area contributed by atoms with Crippen LogP contribution in [0.15, 0.2) is 30.9 Å². The highest BCUT2D eigenvalue weighted by Gasteiger charge is 2.25. The summed E-state index contributed by atoms with van der Waals surface area (Å²) in [6.07, 6.45) is 7.70. The molecule has 1 saturated carbocycles. The fraction of sp³-hybridized carbons (Fsp3) is 0.429. The molecule has 0 unspecified atom stereocenters. The molecule has 2 heterocycles. The minimum absolute atomic E-state index is 0.191. The molecule has 3 rings (SSSR count). The Labute approximate surface area is 123 Å². The highest BCUT2D eigenvalue weighted by Crippen LogP contribution is 2.38. The summed E-state index contributed by atoms with van der Waals surface area (Å²) in [4.78, 5) is 17.6. The second-order valence-corrected chi connectivity index (χ2v) is 5.27. The van der Waals surface area contributed by atoms with Crippen LogP contribution in [0.1, 0.15) is 24.5 Å². The Morgan fingerprint density at radius 2 is 2.29 bits per heavy atom. The van der Waals surface area contributed by atoms with Crippen LogP contribution in [0.4, 0.5) is 10.6 Å². The minimum Gasteiger partial charge on any atom is -0.336 e. The zero-order chi connectivity index (χ0) is 14.7. The molecule has 0 spiro atoms. The molecule has 1 N–H and O–H groups in total. The predicted octanol–water partition coefficient (Wildman–Crippen LogP) is 1.71. The third-order valence-corrected chi connectivity index (χ3v) is 3.52. The number of imidazole rings is 1. The predicted molar refractivity (Wildman–Crippen MR) is 77.9 cm³/mol. The number of amides is 2. The van der Waals surface area contributed by atoms with E-state index in [2.05, 4.69) is 20.5 Å². The number of hydrogen-bond donors (Lipinski definition) is 1. The molecule has 0 atom stereocenters. The molecule has 1 aliphatic carbocycles. The fourth-order valence-corrected chi connectivity index (χ4v) is 2.00. The van der Waals surface area contributed by atoms with Crippen molar-refractivity contribution in [1.82, 2.24) is 24.6 Å². The van der Waals surface area contributed by atoms with E-state index in [9.17, 15) is 4.79 Å². The molecule has 0 bridgehead atoms. The highest BCUT2D eigenvalue weighted by atomic mass is 16.2. The average molecular weight is 286 g/mol. The highest BCUT2D eigenvalue weighted by molar-refractivity contribution is 5.87.